The van der Waals surface area contributed by atoms with Gasteiger partial charge in [0.1, 0.15) is 5.75 Å². The number of aromatic nitrogens is 1. The average molecular weight is 323 g/mol. The summed E-state index contributed by atoms with van der Waals surface area (Å²) in [5, 5.41) is 1.62. The first-order valence-electron chi connectivity index (χ1n) is 5.43. The number of ether oxygens (including phenoxy) is 1. The van der Waals surface area contributed by atoms with Gasteiger partial charge in [0.15, 0.2) is 5.75 Å². The van der Waals surface area contributed by atoms with Crippen LogP contribution in [-0.4, -0.2) is 4.98 Å². The van der Waals surface area contributed by atoms with Crippen LogP contribution in [0.3, 0.4) is 0 Å². The van der Waals surface area contributed by atoms with Gasteiger partial charge in [-0.25, -0.2) is 0 Å². The highest BCUT2D eigenvalue weighted by Crippen LogP contribution is 2.34. The smallest absolute Gasteiger partial charge is 0.152 e. The van der Waals surface area contributed by atoms with Crippen LogP contribution in [0.5, 0.6) is 11.5 Å². The molecule has 18 heavy (non-hydrogen) atoms. The predicted molar refractivity (Wildman–Crippen MR) is 77.5 cm³/mol. The van der Waals surface area contributed by atoms with E-state index in [9.17, 15) is 0 Å². The molecule has 2 aromatic carbocycles. The molecule has 0 bridgehead atoms. The molecule has 0 unspecified atom stereocenters. The number of hydrogen-bond acceptors (Lipinski definition) is 1. The Kier molecular flexibility index (Phi) is 3.02. The van der Waals surface area contributed by atoms with E-state index in [1.807, 2.05) is 48.7 Å². The zero-order valence-electron chi connectivity index (χ0n) is 9.28. The molecule has 0 aliphatic rings. The third-order valence-corrected chi connectivity index (χ3v) is 3.47. The molecule has 1 aromatic heterocycles. The topological polar surface area (TPSA) is 25.0 Å². The molecule has 1 N–H and O–H groups in total. The molecule has 2 nitrogen and oxygen atoms in total. The largest absolute Gasteiger partial charge is 0.454 e. The lowest BCUT2D eigenvalue weighted by Gasteiger charge is -2.05. The molecule has 1 heterocycles. The monoisotopic (exact) mass is 321 g/mol. The Morgan fingerprint density at radius 1 is 1.06 bits per heavy atom. The summed E-state index contributed by atoms with van der Waals surface area (Å²) in [4.78, 5) is 3.17. The zero-order valence-corrected chi connectivity index (χ0v) is 11.6. The van der Waals surface area contributed by atoms with Crippen LogP contribution >= 0.6 is 27.5 Å². The van der Waals surface area contributed by atoms with Crippen LogP contribution in [0.15, 0.2) is 53.1 Å². The standard InChI is InChI=1S/C14H9BrClNO/c15-9-5-6-12-10(7-9)14(8-17-12)18-13-4-2-1-3-11(13)16/h1-8,17H. The van der Waals surface area contributed by atoms with Crippen molar-refractivity contribution in [2.45, 2.75) is 0 Å². The lowest BCUT2D eigenvalue weighted by Crippen LogP contribution is -1.83. The van der Waals surface area contributed by atoms with Gasteiger partial charge in [-0.15, -0.1) is 0 Å². The summed E-state index contributed by atoms with van der Waals surface area (Å²) in [6, 6.07) is 13.4. The minimum atomic E-state index is 0.599. The van der Waals surface area contributed by atoms with Gasteiger partial charge in [0.05, 0.1) is 5.02 Å². The van der Waals surface area contributed by atoms with E-state index < -0.39 is 0 Å². The lowest BCUT2D eigenvalue weighted by atomic mass is 10.2. The summed E-state index contributed by atoms with van der Waals surface area (Å²) in [6.45, 7) is 0. The van der Waals surface area contributed by atoms with E-state index >= 15 is 0 Å². The summed E-state index contributed by atoms with van der Waals surface area (Å²) < 4.78 is 6.85. The molecular weight excluding hydrogens is 314 g/mol. The number of fused-ring (bicyclic) bond motifs is 1. The van der Waals surface area contributed by atoms with E-state index in [2.05, 4.69) is 20.9 Å². The summed E-state index contributed by atoms with van der Waals surface area (Å²) in [5.41, 5.74) is 1.03. The first-order valence-corrected chi connectivity index (χ1v) is 6.60. The van der Waals surface area contributed by atoms with Crippen LogP contribution < -0.4 is 4.74 Å². The van der Waals surface area contributed by atoms with Crippen LogP contribution in [0.1, 0.15) is 0 Å². The summed E-state index contributed by atoms with van der Waals surface area (Å²) >= 11 is 9.53. The Labute approximate surface area is 118 Å². The third kappa shape index (κ3) is 2.11. The van der Waals surface area contributed by atoms with Crippen molar-refractivity contribution in [2.75, 3.05) is 0 Å². The van der Waals surface area contributed by atoms with Crippen molar-refractivity contribution in [2.24, 2.45) is 0 Å². The van der Waals surface area contributed by atoms with Crippen LogP contribution in [0.2, 0.25) is 5.02 Å². The van der Waals surface area contributed by atoms with Crippen molar-refractivity contribution in [3.63, 3.8) is 0 Å². The van der Waals surface area contributed by atoms with E-state index in [0.717, 1.165) is 21.1 Å². The fourth-order valence-electron chi connectivity index (χ4n) is 1.80. The number of rotatable bonds is 2. The van der Waals surface area contributed by atoms with Gasteiger partial charge in [-0.2, -0.15) is 0 Å². The zero-order chi connectivity index (χ0) is 12.5. The third-order valence-electron chi connectivity index (χ3n) is 2.66. The molecule has 3 aromatic rings. The number of aromatic amines is 1. The van der Waals surface area contributed by atoms with Crippen LogP contribution in [0.25, 0.3) is 10.9 Å². The summed E-state index contributed by atoms with van der Waals surface area (Å²) in [5.74, 6) is 1.42. The molecule has 0 amide bonds. The van der Waals surface area contributed by atoms with Crippen molar-refractivity contribution >= 4 is 38.4 Å². The summed E-state index contributed by atoms with van der Waals surface area (Å²) in [6.07, 6.45) is 1.83. The maximum absolute atomic E-state index is 6.08. The first-order chi connectivity index (χ1) is 8.74. The highest BCUT2D eigenvalue weighted by Gasteiger charge is 2.08. The second kappa shape index (κ2) is 4.67. The minimum absolute atomic E-state index is 0.599. The Hall–Kier alpha value is -1.45. The van der Waals surface area contributed by atoms with E-state index in [1.165, 1.54) is 0 Å². The summed E-state index contributed by atoms with van der Waals surface area (Å²) in [7, 11) is 0. The molecule has 3 rings (SSSR count). The Balaban J connectivity index is 2.05. The molecule has 0 aliphatic carbocycles. The fraction of sp³-hybridized carbons (Fsp3) is 0. The average Bonchev–Trinajstić information content (AvgIpc) is 2.75. The van der Waals surface area contributed by atoms with E-state index in [-0.39, 0.29) is 0 Å². The van der Waals surface area contributed by atoms with Crippen molar-refractivity contribution in [3.8, 4) is 11.5 Å². The van der Waals surface area contributed by atoms with E-state index in [0.29, 0.717) is 10.8 Å². The SMILES string of the molecule is Clc1ccccc1Oc1c[nH]c2ccc(Br)cc12. The molecule has 0 radical (unpaired) electrons. The van der Waals surface area contributed by atoms with Crippen molar-refractivity contribution in [1.29, 1.82) is 0 Å². The van der Waals surface area contributed by atoms with Crippen LogP contribution in [0, 0.1) is 0 Å². The van der Waals surface area contributed by atoms with Gasteiger partial charge >= 0.3 is 0 Å². The maximum atomic E-state index is 6.08. The lowest BCUT2D eigenvalue weighted by molar-refractivity contribution is 0.488. The van der Waals surface area contributed by atoms with Crippen molar-refractivity contribution in [1.82, 2.24) is 4.98 Å². The Morgan fingerprint density at radius 3 is 2.72 bits per heavy atom. The maximum Gasteiger partial charge on any atom is 0.152 e. The van der Waals surface area contributed by atoms with Gasteiger partial charge in [-0.1, -0.05) is 39.7 Å². The molecule has 0 saturated carbocycles. The van der Waals surface area contributed by atoms with Crippen molar-refractivity contribution < 1.29 is 4.74 Å². The van der Waals surface area contributed by atoms with Gasteiger partial charge in [0.2, 0.25) is 0 Å². The van der Waals surface area contributed by atoms with Crippen LogP contribution in [0.4, 0.5) is 0 Å². The number of nitrogens with one attached hydrogen (secondary N) is 1. The number of halogens is 2. The number of hydrogen-bond donors (Lipinski definition) is 1. The highest BCUT2D eigenvalue weighted by atomic mass is 79.9. The van der Waals surface area contributed by atoms with Gasteiger partial charge in [0, 0.05) is 21.6 Å². The molecular formula is C14H9BrClNO. The van der Waals surface area contributed by atoms with E-state index in [4.69, 9.17) is 16.3 Å². The Morgan fingerprint density at radius 2 is 1.89 bits per heavy atom. The highest BCUT2D eigenvalue weighted by molar-refractivity contribution is 9.10. The molecule has 0 aliphatic heterocycles. The normalized spacial score (nSPS) is 10.8. The number of benzene rings is 2. The first kappa shape index (κ1) is 11.6. The minimum Gasteiger partial charge on any atom is -0.454 e. The van der Waals surface area contributed by atoms with Crippen molar-refractivity contribution in [3.05, 3.63) is 58.2 Å². The fourth-order valence-corrected chi connectivity index (χ4v) is 2.33. The molecule has 0 atom stereocenters. The van der Waals surface area contributed by atoms with Gasteiger partial charge in [-0.05, 0) is 30.3 Å². The van der Waals surface area contributed by atoms with Gasteiger partial charge in [-0.3, -0.25) is 0 Å². The number of para-hydroxylation sites is 1. The molecule has 0 fully saturated rings. The Bertz CT molecular complexity index is 708. The number of H-pyrrole nitrogens is 1. The second-order valence-electron chi connectivity index (χ2n) is 3.88. The van der Waals surface area contributed by atoms with Gasteiger partial charge < -0.3 is 9.72 Å². The van der Waals surface area contributed by atoms with Crippen LogP contribution in [-0.2, 0) is 0 Å². The quantitative estimate of drug-likeness (QED) is 0.673. The second-order valence-corrected chi connectivity index (χ2v) is 5.20. The molecule has 0 spiro atoms. The predicted octanol–water partition coefficient (Wildman–Crippen LogP) is 5.38. The van der Waals surface area contributed by atoms with E-state index in [1.54, 1.807) is 0 Å². The van der Waals surface area contributed by atoms with Gasteiger partial charge in [0.25, 0.3) is 0 Å². The molecule has 4 heteroatoms. The molecule has 90 valence electrons. The molecule has 0 saturated heterocycles.